The number of carbonyl (C=O) groups is 1. The number of rotatable bonds is 8. The average molecular weight is 401 g/mol. The molecule has 0 unspecified atom stereocenters. The molecule has 2 aromatic carbocycles. The Hall–Kier alpha value is -3.20. The van der Waals surface area contributed by atoms with E-state index in [4.69, 9.17) is 14.0 Å². The van der Waals surface area contributed by atoms with Gasteiger partial charge in [-0.15, -0.1) is 0 Å². The monoisotopic (exact) mass is 401 g/mol. The number of amides is 1. The summed E-state index contributed by atoms with van der Waals surface area (Å²) >= 11 is 1.05. The van der Waals surface area contributed by atoms with Crippen LogP contribution in [0.4, 0.5) is 5.69 Å². The van der Waals surface area contributed by atoms with Gasteiger partial charge < -0.3 is 24.4 Å². The molecule has 0 aliphatic carbocycles. The Labute approximate surface area is 166 Å². The van der Waals surface area contributed by atoms with Crippen molar-refractivity contribution in [3.05, 3.63) is 48.5 Å². The largest absolute Gasteiger partial charge is 0.538 e. The van der Waals surface area contributed by atoms with Gasteiger partial charge in [0.05, 0.1) is 24.7 Å². The molecule has 1 N–H and O–H groups in total. The van der Waals surface area contributed by atoms with Crippen LogP contribution in [0.25, 0.3) is 5.69 Å². The number of nitrogens with one attached hydrogen (secondary N) is 1. The molecule has 1 amide bonds. The molecule has 0 aliphatic heterocycles. The Morgan fingerprint density at radius 1 is 1.18 bits per heavy atom. The first-order chi connectivity index (χ1) is 13.6. The quantitative estimate of drug-likeness (QED) is 0.456. The van der Waals surface area contributed by atoms with E-state index >= 15 is 0 Å². The van der Waals surface area contributed by atoms with Crippen LogP contribution in [0.15, 0.2) is 58.1 Å². The van der Waals surface area contributed by atoms with Crippen molar-refractivity contribution in [2.75, 3.05) is 24.8 Å². The molecule has 28 heavy (non-hydrogen) atoms. The van der Waals surface area contributed by atoms with Crippen LogP contribution in [-0.2, 0) is 4.79 Å². The third-order valence-electron chi connectivity index (χ3n) is 3.68. The molecule has 1 aromatic heterocycles. The minimum absolute atomic E-state index is 0.0276. The van der Waals surface area contributed by atoms with E-state index in [1.807, 2.05) is 6.92 Å². The minimum Gasteiger partial charge on any atom is -0.538 e. The molecule has 146 valence electrons. The predicted octanol–water partition coefficient (Wildman–Crippen LogP) is 2.16. The third kappa shape index (κ3) is 4.74. The van der Waals surface area contributed by atoms with Gasteiger partial charge in [0.2, 0.25) is 11.6 Å². The van der Waals surface area contributed by atoms with Gasteiger partial charge in [-0.25, -0.2) is 0 Å². The maximum absolute atomic E-state index is 12.2. The number of thioether (sulfide) groups is 1. The molecule has 0 aliphatic rings. The molecule has 1 heterocycles. The van der Waals surface area contributed by atoms with E-state index < -0.39 is 5.95 Å². The van der Waals surface area contributed by atoms with Crippen molar-refractivity contribution in [2.24, 2.45) is 0 Å². The van der Waals surface area contributed by atoms with Crippen molar-refractivity contribution in [3.8, 4) is 23.1 Å². The molecule has 3 rings (SSSR count). The van der Waals surface area contributed by atoms with Crippen LogP contribution >= 0.6 is 11.8 Å². The van der Waals surface area contributed by atoms with Crippen molar-refractivity contribution in [1.82, 2.24) is 5.27 Å². The van der Waals surface area contributed by atoms with Crippen molar-refractivity contribution in [1.29, 1.82) is 0 Å². The van der Waals surface area contributed by atoms with Crippen LogP contribution in [-0.4, -0.2) is 30.6 Å². The number of carbonyl (C=O) groups excluding carboxylic acids is 1. The lowest BCUT2D eigenvalue weighted by atomic mass is 10.3. The number of nitrogens with zero attached hydrogens (tertiary/aromatic N) is 2. The van der Waals surface area contributed by atoms with E-state index in [0.29, 0.717) is 23.7 Å². The summed E-state index contributed by atoms with van der Waals surface area (Å²) in [5.74, 6) is 0.584. The SMILES string of the molecule is CCOc1ccc(NC(=O)CSc2c([O-])on[n+]2-c2ccc(OC)cc2)cc1. The summed E-state index contributed by atoms with van der Waals surface area (Å²) in [4.78, 5) is 12.2. The summed E-state index contributed by atoms with van der Waals surface area (Å²) in [6.45, 7) is 2.48. The molecule has 0 atom stereocenters. The summed E-state index contributed by atoms with van der Waals surface area (Å²) < 4.78 is 16.6. The number of hydrogen-bond donors (Lipinski definition) is 1. The predicted molar refractivity (Wildman–Crippen MR) is 101 cm³/mol. The summed E-state index contributed by atoms with van der Waals surface area (Å²) in [5, 5.41) is 18.7. The molecule has 0 spiro atoms. The van der Waals surface area contributed by atoms with Crippen LogP contribution in [0.1, 0.15) is 6.92 Å². The molecule has 9 heteroatoms. The highest BCUT2D eigenvalue weighted by Crippen LogP contribution is 2.24. The van der Waals surface area contributed by atoms with Crippen LogP contribution in [0, 0.1) is 0 Å². The minimum atomic E-state index is -0.602. The highest BCUT2D eigenvalue weighted by molar-refractivity contribution is 7.99. The van der Waals surface area contributed by atoms with E-state index in [1.165, 1.54) is 4.68 Å². The molecule has 0 fully saturated rings. The summed E-state index contributed by atoms with van der Waals surface area (Å²) in [7, 11) is 1.57. The Kier molecular flexibility index (Phi) is 6.38. The summed E-state index contributed by atoms with van der Waals surface area (Å²) in [6, 6.07) is 14.0. The van der Waals surface area contributed by atoms with Crippen molar-refractivity contribution < 1.29 is 28.6 Å². The molecule has 3 aromatic rings. The second-order valence-electron chi connectivity index (χ2n) is 5.57. The maximum atomic E-state index is 12.2. The zero-order valence-electron chi connectivity index (χ0n) is 15.4. The number of ether oxygens (including phenoxy) is 2. The van der Waals surface area contributed by atoms with Gasteiger partial charge >= 0.3 is 0 Å². The van der Waals surface area contributed by atoms with Crippen molar-refractivity contribution in [3.63, 3.8) is 0 Å². The van der Waals surface area contributed by atoms with Gasteiger partial charge in [0.25, 0.3) is 5.03 Å². The molecule has 8 nitrogen and oxygen atoms in total. The van der Waals surface area contributed by atoms with Gasteiger partial charge in [-0.2, -0.15) is 0 Å². The van der Waals surface area contributed by atoms with E-state index in [1.54, 1.807) is 55.6 Å². The second kappa shape index (κ2) is 9.14. The van der Waals surface area contributed by atoms with E-state index in [9.17, 15) is 9.90 Å². The molecule has 0 saturated carbocycles. The molecule has 0 bridgehead atoms. The Bertz CT molecular complexity index is 926. The number of benzene rings is 2. The molecule has 0 radical (unpaired) electrons. The Morgan fingerprint density at radius 2 is 1.86 bits per heavy atom. The molecule has 0 saturated heterocycles. The molecular formula is C19H19N3O5S. The van der Waals surface area contributed by atoms with E-state index in [-0.39, 0.29) is 16.7 Å². The van der Waals surface area contributed by atoms with Crippen molar-refractivity contribution in [2.45, 2.75) is 11.9 Å². The highest BCUT2D eigenvalue weighted by Gasteiger charge is 2.22. The first-order valence-electron chi connectivity index (χ1n) is 8.49. The normalized spacial score (nSPS) is 10.5. The van der Waals surface area contributed by atoms with Crippen LogP contribution in [0.2, 0.25) is 0 Å². The Balaban J connectivity index is 1.63. The van der Waals surface area contributed by atoms with Crippen LogP contribution in [0.3, 0.4) is 0 Å². The fourth-order valence-electron chi connectivity index (χ4n) is 2.38. The van der Waals surface area contributed by atoms with E-state index in [2.05, 4.69) is 10.6 Å². The smallest absolute Gasteiger partial charge is 0.298 e. The number of hydrogen-bond acceptors (Lipinski definition) is 7. The lowest BCUT2D eigenvalue weighted by molar-refractivity contribution is -0.705. The van der Waals surface area contributed by atoms with E-state index in [0.717, 1.165) is 17.5 Å². The zero-order chi connectivity index (χ0) is 19.9. The number of aromatic nitrogens is 2. The fourth-order valence-corrected chi connectivity index (χ4v) is 3.14. The Morgan fingerprint density at radius 3 is 2.50 bits per heavy atom. The van der Waals surface area contributed by atoms with Gasteiger partial charge in [0.15, 0.2) is 5.95 Å². The first kappa shape index (κ1) is 19.6. The topological polar surface area (TPSA) is 101 Å². The van der Waals surface area contributed by atoms with Crippen LogP contribution in [0.5, 0.6) is 17.4 Å². The van der Waals surface area contributed by atoms with Gasteiger partial charge in [0.1, 0.15) is 11.5 Å². The van der Waals surface area contributed by atoms with Gasteiger partial charge in [-0.3, -0.25) is 4.79 Å². The summed E-state index contributed by atoms with van der Waals surface area (Å²) in [5.41, 5.74) is 1.27. The number of methoxy groups -OCH3 is 1. The number of anilines is 1. The molecular weight excluding hydrogens is 382 g/mol. The van der Waals surface area contributed by atoms with Gasteiger partial charge in [-0.05, 0) is 59.8 Å². The second-order valence-corrected chi connectivity index (χ2v) is 6.53. The van der Waals surface area contributed by atoms with Crippen molar-refractivity contribution >= 4 is 23.4 Å². The third-order valence-corrected chi connectivity index (χ3v) is 4.70. The average Bonchev–Trinajstić information content (AvgIpc) is 3.08. The zero-order valence-corrected chi connectivity index (χ0v) is 16.2. The standard InChI is InChI=1S/C19H19N3O5S/c1-3-26-16-8-4-13(5-9-16)20-17(23)12-28-18-19(24)27-21-22(18)14-6-10-15(25-2)11-7-14/h4-11H,3,12H2,1-2H3,(H-,20,21,23,24). The van der Waals surface area contributed by atoms with Gasteiger partial charge in [-0.1, -0.05) is 0 Å². The maximum Gasteiger partial charge on any atom is 0.298 e. The highest BCUT2D eigenvalue weighted by atomic mass is 32.2. The summed E-state index contributed by atoms with van der Waals surface area (Å²) in [6.07, 6.45) is 0. The first-order valence-corrected chi connectivity index (χ1v) is 9.48. The fraction of sp³-hybridized carbons (Fsp3) is 0.211. The van der Waals surface area contributed by atoms with Gasteiger partial charge in [0, 0.05) is 17.8 Å². The van der Waals surface area contributed by atoms with Crippen LogP contribution < -0.4 is 24.6 Å². The lowest BCUT2D eigenvalue weighted by Gasteiger charge is -2.06. The lowest BCUT2D eigenvalue weighted by Crippen LogP contribution is -2.35.